The van der Waals surface area contributed by atoms with Crippen molar-refractivity contribution in [2.75, 3.05) is 26.4 Å². The van der Waals surface area contributed by atoms with Gasteiger partial charge in [-0.05, 0) is 27.1 Å². The summed E-state index contributed by atoms with van der Waals surface area (Å²) in [6.45, 7) is 1.52. The van der Waals surface area contributed by atoms with Gasteiger partial charge in [-0.3, -0.25) is 0 Å². The zero-order chi connectivity index (χ0) is 13.3. The molecule has 0 atom stereocenters. The Morgan fingerprint density at radius 1 is 1.28 bits per heavy atom. The zero-order valence-electron chi connectivity index (χ0n) is 10.5. The van der Waals surface area contributed by atoms with Crippen LogP contribution >= 0.6 is 0 Å². The number of nitrogen functional groups attached to an aromatic ring is 1. The average Bonchev–Trinajstić information content (AvgIpc) is 2.56. The first kappa shape index (κ1) is 12.8. The van der Waals surface area contributed by atoms with Crippen LogP contribution in [0.4, 0.5) is 14.7 Å². The molecule has 0 aliphatic rings. The van der Waals surface area contributed by atoms with E-state index >= 15 is 0 Å². The highest BCUT2D eigenvalue weighted by Gasteiger charge is 2.12. The van der Waals surface area contributed by atoms with Crippen LogP contribution in [0.15, 0.2) is 12.1 Å². The third-order valence-corrected chi connectivity index (χ3v) is 2.81. The number of anilines is 1. The Labute approximate surface area is 104 Å². The molecule has 98 valence electrons. The Kier molecular flexibility index (Phi) is 3.47. The maximum absolute atomic E-state index is 13.2. The first-order valence-corrected chi connectivity index (χ1v) is 5.74. The summed E-state index contributed by atoms with van der Waals surface area (Å²) in [6.07, 6.45) is 0.863. The lowest BCUT2D eigenvalue weighted by atomic mass is 10.3. The molecule has 0 saturated carbocycles. The van der Waals surface area contributed by atoms with Gasteiger partial charge in [0, 0.05) is 18.7 Å². The zero-order valence-corrected chi connectivity index (χ0v) is 10.5. The van der Waals surface area contributed by atoms with Crippen molar-refractivity contribution in [2.24, 2.45) is 0 Å². The number of imidazole rings is 1. The van der Waals surface area contributed by atoms with E-state index in [0.717, 1.165) is 25.1 Å². The van der Waals surface area contributed by atoms with E-state index in [1.54, 1.807) is 4.57 Å². The second-order valence-corrected chi connectivity index (χ2v) is 4.53. The molecule has 1 aromatic heterocycles. The van der Waals surface area contributed by atoms with Crippen molar-refractivity contribution in [3.63, 3.8) is 0 Å². The molecule has 4 nitrogen and oxygen atoms in total. The second-order valence-electron chi connectivity index (χ2n) is 4.53. The van der Waals surface area contributed by atoms with Gasteiger partial charge in [0.1, 0.15) is 0 Å². The fourth-order valence-corrected chi connectivity index (χ4v) is 1.92. The Morgan fingerprint density at radius 3 is 2.61 bits per heavy atom. The van der Waals surface area contributed by atoms with Crippen LogP contribution in [0, 0.1) is 11.6 Å². The summed E-state index contributed by atoms with van der Waals surface area (Å²) in [5.41, 5.74) is 6.68. The monoisotopic (exact) mass is 254 g/mol. The fourth-order valence-electron chi connectivity index (χ4n) is 1.92. The van der Waals surface area contributed by atoms with E-state index in [-0.39, 0.29) is 5.95 Å². The van der Waals surface area contributed by atoms with Crippen molar-refractivity contribution in [3.05, 3.63) is 23.8 Å². The van der Waals surface area contributed by atoms with E-state index < -0.39 is 11.6 Å². The lowest BCUT2D eigenvalue weighted by Crippen LogP contribution is -2.15. The van der Waals surface area contributed by atoms with Crippen LogP contribution in [-0.2, 0) is 6.54 Å². The predicted octanol–water partition coefficient (Wildman–Crippen LogP) is 1.85. The van der Waals surface area contributed by atoms with Crippen LogP contribution in [0.2, 0.25) is 0 Å². The molecule has 6 heteroatoms. The lowest BCUT2D eigenvalue weighted by Gasteiger charge is -2.10. The molecule has 0 aliphatic carbocycles. The molecule has 0 aliphatic heterocycles. The molecule has 0 spiro atoms. The number of fused-ring (bicyclic) bond motifs is 1. The summed E-state index contributed by atoms with van der Waals surface area (Å²) in [4.78, 5) is 6.08. The van der Waals surface area contributed by atoms with Crippen LogP contribution < -0.4 is 5.73 Å². The number of aromatic nitrogens is 2. The summed E-state index contributed by atoms with van der Waals surface area (Å²) >= 11 is 0. The number of hydrogen-bond donors (Lipinski definition) is 1. The van der Waals surface area contributed by atoms with Gasteiger partial charge >= 0.3 is 0 Å². The highest BCUT2D eigenvalue weighted by Crippen LogP contribution is 2.21. The molecule has 0 unspecified atom stereocenters. The highest BCUT2D eigenvalue weighted by atomic mass is 19.2. The van der Waals surface area contributed by atoms with E-state index in [9.17, 15) is 8.78 Å². The molecule has 2 N–H and O–H groups in total. The Balaban J connectivity index is 2.31. The number of nitrogens with zero attached hydrogens (tertiary/aromatic N) is 3. The maximum Gasteiger partial charge on any atom is 0.201 e. The Bertz CT molecular complexity index is 563. The van der Waals surface area contributed by atoms with E-state index in [1.165, 1.54) is 0 Å². The van der Waals surface area contributed by atoms with Crippen LogP contribution in [0.1, 0.15) is 6.42 Å². The van der Waals surface area contributed by atoms with Crippen LogP contribution in [0.25, 0.3) is 11.0 Å². The number of nitrogens with two attached hydrogens (primary N) is 1. The van der Waals surface area contributed by atoms with Gasteiger partial charge < -0.3 is 15.2 Å². The third-order valence-electron chi connectivity index (χ3n) is 2.81. The van der Waals surface area contributed by atoms with Gasteiger partial charge in [0.2, 0.25) is 5.95 Å². The smallest absolute Gasteiger partial charge is 0.201 e. The van der Waals surface area contributed by atoms with Crippen LogP contribution in [0.5, 0.6) is 0 Å². The largest absolute Gasteiger partial charge is 0.369 e. The molecule has 0 fully saturated rings. The van der Waals surface area contributed by atoms with E-state index in [2.05, 4.69) is 9.88 Å². The van der Waals surface area contributed by atoms with Crippen molar-refractivity contribution in [1.29, 1.82) is 0 Å². The molecular formula is C12H16F2N4. The quantitative estimate of drug-likeness (QED) is 0.905. The molecule has 2 aromatic rings. The number of rotatable bonds is 4. The van der Waals surface area contributed by atoms with E-state index in [0.29, 0.717) is 17.6 Å². The van der Waals surface area contributed by atoms with Gasteiger partial charge in [-0.2, -0.15) is 0 Å². The fraction of sp³-hybridized carbons (Fsp3) is 0.417. The standard InChI is InChI=1S/C12H16F2N4/c1-17(2)4-3-5-18-11-7-9(14)8(13)6-10(11)16-12(18)15/h6-7H,3-5H2,1-2H3,(H2,15,16). The normalized spacial score (nSPS) is 11.6. The summed E-state index contributed by atoms with van der Waals surface area (Å²) in [6, 6.07) is 2.22. The Hall–Kier alpha value is -1.69. The van der Waals surface area contributed by atoms with Crippen molar-refractivity contribution >= 4 is 17.0 Å². The molecule has 1 aromatic carbocycles. The maximum atomic E-state index is 13.2. The molecule has 0 amide bonds. The van der Waals surface area contributed by atoms with E-state index in [1.807, 2.05) is 14.1 Å². The number of benzene rings is 1. The van der Waals surface area contributed by atoms with Crippen molar-refractivity contribution in [3.8, 4) is 0 Å². The third kappa shape index (κ3) is 2.43. The highest BCUT2D eigenvalue weighted by molar-refractivity contribution is 5.78. The van der Waals surface area contributed by atoms with Crippen molar-refractivity contribution in [2.45, 2.75) is 13.0 Å². The van der Waals surface area contributed by atoms with E-state index in [4.69, 9.17) is 5.73 Å². The molecule has 18 heavy (non-hydrogen) atoms. The summed E-state index contributed by atoms with van der Waals surface area (Å²) < 4.78 is 28.0. The summed E-state index contributed by atoms with van der Waals surface area (Å²) in [7, 11) is 3.95. The van der Waals surface area contributed by atoms with Crippen molar-refractivity contribution in [1.82, 2.24) is 14.5 Å². The molecule has 0 saturated heterocycles. The number of aryl methyl sites for hydroxylation is 1. The average molecular weight is 254 g/mol. The van der Waals surface area contributed by atoms with Gasteiger partial charge in [0.15, 0.2) is 11.6 Å². The molecule has 0 radical (unpaired) electrons. The minimum absolute atomic E-state index is 0.286. The topological polar surface area (TPSA) is 47.1 Å². The molecular weight excluding hydrogens is 238 g/mol. The second kappa shape index (κ2) is 4.89. The van der Waals surface area contributed by atoms with Crippen LogP contribution in [-0.4, -0.2) is 35.1 Å². The van der Waals surface area contributed by atoms with Gasteiger partial charge in [-0.1, -0.05) is 0 Å². The molecule has 2 rings (SSSR count). The number of halogens is 2. The first-order valence-electron chi connectivity index (χ1n) is 5.74. The van der Waals surface area contributed by atoms with Crippen LogP contribution in [0.3, 0.4) is 0 Å². The first-order chi connectivity index (χ1) is 8.49. The van der Waals surface area contributed by atoms with Gasteiger partial charge in [-0.15, -0.1) is 0 Å². The molecule has 0 bridgehead atoms. The van der Waals surface area contributed by atoms with Gasteiger partial charge in [0.25, 0.3) is 0 Å². The summed E-state index contributed by atoms with van der Waals surface area (Å²) in [5.74, 6) is -1.49. The Morgan fingerprint density at radius 2 is 1.94 bits per heavy atom. The SMILES string of the molecule is CN(C)CCCn1c(N)nc2cc(F)c(F)cc21. The number of hydrogen-bond acceptors (Lipinski definition) is 3. The summed E-state index contributed by atoms with van der Waals surface area (Å²) in [5, 5.41) is 0. The van der Waals surface area contributed by atoms with Gasteiger partial charge in [0.05, 0.1) is 11.0 Å². The lowest BCUT2D eigenvalue weighted by molar-refractivity contribution is 0.388. The van der Waals surface area contributed by atoms with Crippen molar-refractivity contribution < 1.29 is 8.78 Å². The van der Waals surface area contributed by atoms with Gasteiger partial charge in [-0.25, -0.2) is 13.8 Å². The predicted molar refractivity (Wildman–Crippen MR) is 67.2 cm³/mol. The minimum atomic E-state index is -0.902. The molecule has 1 heterocycles. The minimum Gasteiger partial charge on any atom is -0.369 e.